The number of hydrogen-bond acceptors (Lipinski definition) is 8. The lowest BCUT2D eigenvalue weighted by atomic mass is 9.93. The number of benzene rings is 4. The molecule has 2 N–H and O–H groups in total. The summed E-state index contributed by atoms with van der Waals surface area (Å²) in [7, 11) is 0. The number of amides is 2. The maximum Gasteiger partial charge on any atom is 0.375 e. The van der Waals surface area contributed by atoms with E-state index in [4.69, 9.17) is 18.3 Å². The van der Waals surface area contributed by atoms with Crippen LogP contribution in [0.1, 0.15) is 62.7 Å². The van der Waals surface area contributed by atoms with E-state index >= 15 is 0 Å². The fourth-order valence-corrected chi connectivity index (χ4v) is 6.29. The zero-order valence-corrected chi connectivity index (χ0v) is 28.9. The van der Waals surface area contributed by atoms with E-state index in [0.717, 1.165) is 21.5 Å². The summed E-state index contributed by atoms with van der Waals surface area (Å²) in [5.41, 5.74) is 1.47. The lowest BCUT2D eigenvalue weighted by Crippen LogP contribution is -2.41. The fraction of sp³-hybridized carbons (Fsp3) is 0.300. The number of carbonyl (C=O) groups excluding carboxylic acids is 4. The summed E-state index contributed by atoms with van der Waals surface area (Å²) in [6, 6.07) is 21.9. The second-order valence-electron chi connectivity index (χ2n) is 13.2. The molecule has 2 aromatic heterocycles. The molecule has 10 heteroatoms. The molecule has 0 saturated carbocycles. The van der Waals surface area contributed by atoms with Crippen molar-refractivity contribution in [2.24, 2.45) is 11.8 Å². The number of hydrogen-bond donors (Lipinski definition) is 2. The molecule has 4 aromatic carbocycles. The molecule has 2 amide bonds. The minimum absolute atomic E-state index is 0.0245. The van der Waals surface area contributed by atoms with E-state index in [2.05, 4.69) is 10.6 Å². The molecule has 0 unspecified atom stereocenters. The predicted octanol–water partition coefficient (Wildman–Crippen LogP) is 7.79. The Morgan fingerprint density at radius 1 is 0.580 bits per heavy atom. The van der Waals surface area contributed by atoms with Crippen LogP contribution in [0.4, 0.5) is 0 Å². The number of nitrogens with one attached hydrogen (secondary N) is 2. The molecule has 0 radical (unpaired) electrons. The Morgan fingerprint density at radius 3 is 1.32 bits per heavy atom. The smallest absolute Gasteiger partial charge is 0.375 e. The highest BCUT2D eigenvalue weighted by Crippen LogP contribution is 2.47. The summed E-state index contributed by atoms with van der Waals surface area (Å²) >= 11 is 0. The Morgan fingerprint density at radius 2 is 0.960 bits per heavy atom. The van der Waals surface area contributed by atoms with E-state index < -0.39 is 24.0 Å². The van der Waals surface area contributed by atoms with Crippen LogP contribution in [0.15, 0.2) is 81.6 Å². The Kier molecular flexibility index (Phi) is 9.63. The zero-order chi connectivity index (χ0) is 35.7. The fourth-order valence-electron chi connectivity index (χ4n) is 6.29. The summed E-state index contributed by atoms with van der Waals surface area (Å²) in [4.78, 5) is 52.1. The first-order valence-corrected chi connectivity index (χ1v) is 16.7. The SMILES string of the molecule is CC(=O)N[C@H](COC(=O)c1oc2ccc3ccccc3c2c1-c1c(C(=O)OC[C@@H](NC(C)=O)C(C)C)oc2ccc3ccccc3c12)C(C)C. The second kappa shape index (κ2) is 14.1. The molecule has 0 aliphatic rings. The minimum atomic E-state index is -0.768. The molecule has 0 saturated heterocycles. The average Bonchev–Trinajstić information content (AvgIpc) is 3.67. The van der Waals surface area contributed by atoms with E-state index in [1.54, 1.807) is 12.1 Å². The van der Waals surface area contributed by atoms with Gasteiger partial charge in [-0.1, -0.05) is 88.4 Å². The first-order valence-electron chi connectivity index (χ1n) is 16.7. The lowest BCUT2D eigenvalue weighted by Gasteiger charge is -2.21. The highest BCUT2D eigenvalue weighted by Gasteiger charge is 2.34. The quantitative estimate of drug-likeness (QED) is 0.133. The van der Waals surface area contributed by atoms with E-state index in [0.29, 0.717) is 33.1 Å². The standard InChI is InChI=1S/C40H40N2O8/c1-21(2)29(41-23(5)43)19-47-39(45)37-35(33-27-13-9-7-11-25(27)15-17-31(33)49-37)36-34-28-14-10-8-12-26(28)16-18-32(34)50-38(36)40(46)48-20-30(22(3)4)42-24(6)44/h7-18,21-22,29-30H,19-20H2,1-6H3,(H,41,43)(H,42,44)/t29-,30-/m1/s1. The Labute approximate surface area is 289 Å². The van der Waals surface area contributed by atoms with Crippen LogP contribution in [0.5, 0.6) is 0 Å². The Hall–Kier alpha value is -5.64. The van der Waals surface area contributed by atoms with Crippen LogP contribution in [-0.2, 0) is 19.1 Å². The summed E-state index contributed by atoms with van der Waals surface area (Å²) < 4.78 is 24.3. The van der Waals surface area contributed by atoms with Gasteiger partial charge in [-0.15, -0.1) is 0 Å². The van der Waals surface area contributed by atoms with Crippen LogP contribution in [0.25, 0.3) is 54.6 Å². The van der Waals surface area contributed by atoms with E-state index in [9.17, 15) is 19.2 Å². The monoisotopic (exact) mass is 676 g/mol. The number of furan rings is 2. The average molecular weight is 677 g/mol. The molecule has 2 heterocycles. The molecular weight excluding hydrogens is 636 g/mol. The van der Waals surface area contributed by atoms with E-state index in [1.807, 2.05) is 88.4 Å². The molecule has 6 rings (SSSR count). The second-order valence-corrected chi connectivity index (χ2v) is 13.2. The number of ether oxygens (including phenoxy) is 2. The van der Waals surface area contributed by atoms with Gasteiger partial charge < -0.3 is 28.9 Å². The van der Waals surface area contributed by atoms with Gasteiger partial charge in [-0.3, -0.25) is 9.59 Å². The van der Waals surface area contributed by atoms with Crippen molar-refractivity contribution in [2.45, 2.75) is 53.6 Å². The number of fused-ring (bicyclic) bond motifs is 6. The van der Waals surface area contributed by atoms with Crippen LogP contribution < -0.4 is 10.6 Å². The maximum atomic E-state index is 14.1. The molecular formula is C40H40N2O8. The van der Waals surface area contributed by atoms with Gasteiger partial charge in [-0.05, 0) is 45.5 Å². The van der Waals surface area contributed by atoms with E-state index in [1.165, 1.54) is 13.8 Å². The van der Waals surface area contributed by atoms with Crippen molar-refractivity contribution in [1.82, 2.24) is 10.6 Å². The van der Waals surface area contributed by atoms with Crippen molar-refractivity contribution >= 4 is 67.2 Å². The molecule has 6 aromatic rings. The van der Waals surface area contributed by atoms with Crippen molar-refractivity contribution < 1.29 is 37.5 Å². The number of rotatable bonds is 11. The van der Waals surface area contributed by atoms with Gasteiger partial charge in [0.25, 0.3) is 0 Å². The van der Waals surface area contributed by atoms with Gasteiger partial charge in [0.1, 0.15) is 24.4 Å². The first-order chi connectivity index (χ1) is 23.9. The van der Waals surface area contributed by atoms with Gasteiger partial charge in [-0.2, -0.15) is 0 Å². The number of esters is 2. The third-order valence-electron chi connectivity index (χ3n) is 8.96. The number of carbonyl (C=O) groups is 4. The van der Waals surface area contributed by atoms with Crippen molar-refractivity contribution in [3.63, 3.8) is 0 Å². The third-order valence-corrected chi connectivity index (χ3v) is 8.96. The Bertz CT molecular complexity index is 2100. The Balaban J connectivity index is 1.59. The van der Waals surface area contributed by atoms with Crippen molar-refractivity contribution in [3.05, 3.63) is 84.3 Å². The maximum absolute atomic E-state index is 14.1. The summed E-state index contributed by atoms with van der Waals surface area (Å²) in [5.74, 6) is -2.31. The third kappa shape index (κ3) is 6.65. The molecule has 50 heavy (non-hydrogen) atoms. The van der Waals surface area contributed by atoms with Gasteiger partial charge in [0, 0.05) is 35.7 Å². The molecule has 0 fully saturated rings. The highest BCUT2D eigenvalue weighted by atomic mass is 16.6. The van der Waals surface area contributed by atoms with Gasteiger partial charge in [0.05, 0.1) is 12.1 Å². The molecule has 0 aliphatic heterocycles. The normalized spacial score (nSPS) is 12.9. The van der Waals surface area contributed by atoms with Crippen molar-refractivity contribution in [3.8, 4) is 11.1 Å². The van der Waals surface area contributed by atoms with Crippen LogP contribution in [0.2, 0.25) is 0 Å². The van der Waals surface area contributed by atoms with Gasteiger partial charge in [0.2, 0.25) is 23.3 Å². The molecule has 0 spiro atoms. The van der Waals surface area contributed by atoms with E-state index in [-0.39, 0.29) is 48.4 Å². The zero-order valence-electron chi connectivity index (χ0n) is 28.9. The minimum Gasteiger partial charge on any atom is -0.458 e. The molecule has 10 nitrogen and oxygen atoms in total. The molecule has 258 valence electrons. The van der Waals surface area contributed by atoms with Crippen LogP contribution in [0.3, 0.4) is 0 Å². The summed E-state index contributed by atoms with van der Waals surface area (Å²) in [6.45, 7) is 10.3. The summed E-state index contributed by atoms with van der Waals surface area (Å²) in [5, 5.41) is 10.2. The molecule has 0 aliphatic carbocycles. The highest BCUT2D eigenvalue weighted by molar-refractivity contribution is 6.25. The topological polar surface area (TPSA) is 137 Å². The first kappa shape index (κ1) is 34.2. The van der Waals surface area contributed by atoms with Gasteiger partial charge >= 0.3 is 11.9 Å². The van der Waals surface area contributed by atoms with Crippen molar-refractivity contribution in [1.29, 1.82) is 0 Å². The molecule has 0 bridgehead atoms. The van der Waals surface area contributed by atoms with Gasteiger partial charge in [0.15, 0.2) is 0 Å². The largest absolute Gasteiger partial charge is 0.458 e. The van der Waals surface area contributed by atoms with Crippen LogP contribution >= 0.6 is 0 Å². The predicted molar refractivity (Wildman–Crippen MR) is 192 cm³/mol. The molecule has 2 atom stereocenters. The van der Waals surface area contributed by atoms with Crippen LogP contribution in [0, 0.1) is 11.8 Å². The van der Waals surface area contributed by atoms with Gasteiger partial charge in [-0.25, -0.2) is 9.59 Å². The summed E-state index contributed by atoms with van der Waals surface area (Å²) in [6.07, 6.45) is 0. The lowest BCUT2D eigenvalue weighted by molar-refractivity contribution is -0.121. The van der Waals surface area contributed by atoms with Crippen molar-refractivity contribution in [2.75, 3.05) is 13.2 Å². The van der Waals surface area contributed by atoms with Crippen LogP contribution in [-0.4, -0.2) is 49.1 Å².